The van der Waals surface area contributed by atoms with E-state index in [4.69, 9.17) is 0 Å². The monoisotopic (exact) mass is 236 g/mol. The van der Waals surface area contributed by atoms with Gasteiger partial charge in [-0.25, -0.2) is 0 Å². The highest BCUT2D eigenvalue weighted by Crippen LogP contribution is 2.35. The molecule has 3 rings (SSSR count). The van der Waals surface area contributed by atoms with Crippen LogP contribution in [0.25, 0.3) is 0 Å². The van der Waals surface area contributed by atoms with E-state index in [0.29, 0.717) is 0 Å². The lowest BCUT2D eigenvalue weighted by Crippen LogP contribution is -2.59. The summed E-state index contributed by atoms with van der Waals surface area (Å²) in [7, 11) is 0. The summed E-state index contributed by atoms with van der Waals surface area (Å²) in [6.07, 6.45) is 8.62. The highest BCUT2D eigenvalue weighted by Gasteiger charge is 2.40. The summed E-state index contributed by atoms with van der Waals surface area (Å²) in [6, 6.07) is 2.64. The van der Waals surface area contributed by atoms with Crippen LogP contribution in [0.1, 0.15) is 52.4 Å². The minimum absolute atomic E-state index is 0.842. The van der Waals surface area contributed by atoms with Gasteiger partial charge in [-0.3, -0.25) is 9.80 Å². The third kappa shape index (κ3) is 2.15. The maximum atomic E-state index is 2.91. The molecule has 0 radical (unpaired) electrons. The van der Waals surface area contributed by atoms with E-state index in [1.807, 2.05) is 0 Å². The molecule has 2 nitrogen and oxygen atoms in total. The number of nitrogens with zero attached hydrogens (tertiary/aromatic N) is 2. The number of fused-ring (bicyclic) bond motifs is 1. The third-order valence-electron chi connectivity index (χ3n) is 5.55. The lowest BCUT2D eigenvalue weighted by Gasteiger charge is -2.47. The van der Waals surface area contributed by atoms with Crippen LogP contribution in [-0.4, -0.2) is 47.6 Å². The van der Waals surface area contributed by atoms with Gasteiger partial charge >= 0.3 is 0 Å². The lowest BCUT2D eigenvalue weighted by molar-refractivity contribution is 0.00888. The Morgan fingerprint density at radius 1 is 1.06 bits per heavy atom. The van der Waals surface area contributed by atoms with E-state index in [1.165, 1.54) is 58.2 Å². The van der Waals surface area contributed by atoms with Gasteiger partial charge in [0.2, 0.25) is 0 Å². The fraction of sp³-hybridized carbons (Fsp3) is 1.00. The Morgan fingerprint density at radius 3 is 2.65 bits per heavy atom. The number of rotatable bonds is 2. The largest absolute Gasteiger partial charge is 0.298 e. The van der Waals surface area contributed by atoms with Crippen molar-refractivity contribution >= 4 is 0 Å². The molecule has 0 N–H and O–H groups in total. The van der Waals surface area contributed by atoms with Gasteiger partial charge in [0.25, 0.3) is 0 Å². The molecule has 3 fully saturated rings. The molecule has 0 aromatic carbocycles. The highest BCUT2D eigenvalue weighted by molar-refractivity contribution is 4.96. The summed E-state index contributed by atoms with van der Waals surface area (Å²) in [5.41, 5.74) is 0. The maximum absolute atomic E-state index is 2.91. The molecule has 3 aliphatic rings. The molecule has 0 aromatic heterocycles. The van der Waals surface area contributed by atoms with Crippen molar-refractivity contribution in [2.24, 2.45) is 5.92 Å². The second-order valence-electron chi connectivity index (χ2n) is 6.53. The standard InChI is InChI=1S/C15H28N2/c1-3-13-10-16-9-5-7-14(16)11-17(13)15-8-4-6-12(15)2/h12-15H,3-11H2,1-2H3. The van der Waals surface area contributed by atoms with Gasteiger partial charge in [-0.2, -0.15) is 0 Å². The van der Waals surface area contributed by atoms with Gasteiger partial charge in [0, 0.05) is 31.2 Å². The Labute approximate surface area is 106 Å². The van der Waals surface area contributed by atoms with Crippen LogP contribution in [0.2, 0.25) is 0 Å². The molecule has 98 valence electrons. The average Bonchev–Trinajstić information content (AvgIpc) is 2.94. The normalized spacial score (nSPS) is 44.1. The zero-order chi connectivity index (χ0) is 11.8. The van der Waals surface area contributed by atoms with Crippen molar-refractivity contribution in [3.05, 3.63) is 0 Å². The minimum atomic E-state index is 0.842. The molecule has 1 aliphatic carbocycles. The minimum Gasteiger partial charge on any atom is -0.298 e. The average molecular weight is 236 g/mol. The second-order valence-corrected chi connectivity index (χ2v) is 6.53. The first-order valence-corrected chi connectivity index (χ1v) is 7.79. The molecular formula is C15H28N2. The molecule has 17 heavy (non-hydrogen) atoms. The van der Waals surface area contributed by atoms with E-state index in [0.717, 1.165) is 24.0 Å². The zero-order valence-electron chi connectivity index (χ0n) is 11.6. The molecule has 0 bridgehead atoms. The molecule has 2 heterocycles. The van der Waals surface area contributed by atoms with Crippen LogP contribution in [0.5, 0.6) is 0 Å². The summed E-state index contributed by atoms with van der Waals surface area (Å²) in [5, 5.41) is 0. The van der Waals surface area contributed by atoms with Crippen molar-refractivity contribution in [2.75, 3.05) is 19.6 Å². The van der Waals surface area contributed by atoms with Crippen molar-refractivity contribution in [2.45, 2.75) is 70.5 Å². The molecule has 2 saturated heterocycles. The molecule has 1 saturated carbocycles. The molecule has 2 heteroatoms. The Balaban J connectivity index is 1.72. The fourth-order valence-electron chi connectivity index (χ4n) is 4.50. The summed E-state index contributed by atoms with van der Waals surface area (Å²) in [5.74, 6) is 0.942. The number of hydrogen-bond donors (Lipinski definition) is 0. The summed E-state index contributed by atoms with van der Waals surface area (Å²) in [4.78, 5) is 5.68. The van der Waals surface area contributed by atoms with Crippen molar-refractivity contribution in [1.29, 1.82) is 0 Å². The maximum Gasteiger partial charge on any atom is 0.0224 e. The molecule has 2 aliphatic heterocycles. The Bertz CT molecular complexity index is 266. The van der Waals surface area contributed by atoms with E-state index in [2.05, 4.69) is 23.6 Å². The SMILES string of the molecule is CCC1CN2CCCC2CN1C1CCCC1C. The topological polar surface area (TPSA) is 6.48 Å². The van der Waals surface area contributed by atoms with E-state index < -0.39 is 0 Å². The lowest BCUT2D eigenvalue weighted by atomic mass is 9.97. The van der Waals surface area contributed by atoms with Crippen LogP contribution in [-0.2, 0) is 0 Å². The van der Waals surface area contributed by atoms with E-state index in [1.54, 1.807) is 0 Å². The quantitative estimate of drug-likeness (QED) is 0.727. The number of piperazine rings is 1. The molecule has 4 atom stereocenters. The Morgan fingerprint density at radius 2 is 1.94 bits per heavy atom. The van der Waals surface area contributed by atoms with Crippen LogP contribution in [0.3, 0.4) is 0 Å². The number of hydrogen-bond acceptors (Lipinski definition) is 2. The summed E-state index contributed by atoms with van der Waals surface area (Å²) >= 11 is 0. The van der Waals surface area contributed by atoms with Gasteiger partial charge < -0.3 is 0 Å². The molecule has 0 amide bonds. The predicted octanol–water partition coefficient (Wildman–Crippen LogP) is 2.73. The first kappa shape index (κ1) is 12.0. The molecule has 4 unspecified atom stereocenters. The fourth-order valence-corrected chi connectivity index (χ4v) is 4.50. The van der Waals surface area contributed by atoms with Crippen LogP contribution >= 0.6 is 0 Å². The predicted molar refractivity (Wildman–Crippen MR) is 72.2 cm³/mol. The molecule has 0 aromatic rings. The molecule has 0 spiro atoms. The Hall–Kier alpha value is -0.0800. The van der Waals surface area contributed by atoms with Gasteiger partial charge in [0.1, 0.15) is 0 Å². The van der Waals surface area contributed by atoms with Crippen molar-refractivity contribution in [3.8, 4) is 0 Å². The van der Waals surface area contributed by atoms with E-state index in [-0.39, 0.29) is 0 Å². The first-order chi connectivity index (χ1) is 8.29. The third-order valence-corrected chi connectivity index (χ3v) is 5.55. The summed E-state index contributed by atoms with van der Waals surface area (Å²) in [6.45, 7) is 8.95. The Kier molecular flexibility index (Phi) is 3.45. The van der Waals surface area contributed by atoms with Gasteiger partial charge in [-0.1, -0.05) is 20.3 Å². The van der Waals surface area contributed by atoms with Crippen molar-refractivity contribution in [3.63, 3.8) is 0 Å². The molecular weight excluding hydrogens is 208 g/mol. The van der Waals surface area contributed by atoms with E-state index >= 15 is 0 Å². The second kappa shape index (κ2) is 4.89. The zero-order valence-corrected chi connectivity index (χ0v) is 11.6. The van der Waals surface area contributed by atoms with Gasteiger partial charge in [0.05, 0.1) is 0 Å². The van der Waals surface area contributed by atoms with Crippen LogP contribution in [0, 0.1) is 5.92 Å². The van der Waals surface area contributed by atoms with Crippen LogP contribution < -0.4 is 0 Å². The van der Waals surface area contributed by atoms with Gasteiger partial charge in [0.15, 0.2) is 0 Å². The van der Waals surface area contributed by atoms with Crippen molar-refractivity contribution < 1.29 is 0 Å². The highest BCUT2D eigenvalue weighted by atomic mass is 15.3. The van der Waals surface area contributed by atoms with Gasteiger partial charge in [-0.15, -0.1) is 0 Å². The van der Waals surface area contributed by atoms with Gasteiger partial charge in [-0.05, 0) is 44.6 Å². The van der Waals surface area contributed by atoms with Crippen LogP contribution in [0.15, 0.2) is 0 Å². The smallest absolute Gasteiger partial charge is 0.0224 e. The first-order valence-electron chi connectivity index (χ1n) is 7.79. The van der Waals surface area contributed by atoms with Crippen molar-refractivity contribution in [1.82, 2.24) is 9.80 Å². The van der Waals surface area contributed by atoms with Crippen LogP contribution in [0.4, 0.5) is 0 Å². The summed E-state index contributed by atoms with van der Waals surface area (Å²) < 4.78 is 0. The van der Waals surface area contributed by atoms with E-state index in [9.17, 15) is 0 Å².